The van der Waals surface area contributed by atoms with Crippen LogP contribution in [0.5, 0.6) is 0 Å². The Kier molecular flexibility index (Phi) is 7.98. The zero-order valence-corrected chi connectivity index (χ0v) is 10.9. The van der Waals surface area contributed by atoms with E-state index in [1.54, 1.807) is 7.11 Å². The second-order valence-electron chi connectivity index (χ2n) is 4.53. The van der Waals surface area contributed by atoms with Crippen LogP contribution in [-0.2, 0) is 9.47 Å². The fourth-order valence-corrected chi connectivity index (χ4v) is 2.36. The maximum Gasteiger partial charge on any atom is 0.0868 e. The van der Waals surface area contributed by atoms with Gasteiger partial charge >= 0.3 is 0 Å². The maximum atomic E-state index is 8.83. The van der Waals surface area contributed by atoms with Gasteiger partial charge in [-0.2, -0.15) is 5.26 Å². The van der Waals surface area contributed by atoms with E-state index in [1.165, 1.54) is 25.7 Å². The highest BCUT2D eigenvalue weighted by Gasteiger charge is 2.21. The third-order valence-corrected chi connectivity index (χ3v) is 3.28. The molecule has 0 heterocycles. The average molecular weight is 240 g/mol. The summed E-state index contributed by atoms with van der Waals surface area (Å²) < 4.78 is 10.3. The van der Waals surface area contributed by atoms with E-state index in [4.69, 9.17) is 14.7 Å². The van der Waals surface area contributed by atoms with Crippen molar-refractivity contribution in [2.24, 2.45) is 0 Å². The van der Waals surface area contributed by atoms with Gasteiger partial charge in [-0.05, 0) is 19.3 Å². The van der Waals surface area contributed by atoms with E-state index in [9.17, 15) is 0 Å². The monoisotopic (exact) mass is 240 g/mol. The summed E-state index contributed by atoms with van der Waals surface area (Å²) in [6.07, 6.45) is 6.15. The topological polar surface area (TPSA) is 45.5 Å². The molecule has 1 fully saturated rings. The zero-order valence-electron chi connectivity index (χ0n) is 10.9. The molecule has 17 heavy (non-hydrogen) atoms. The molecule has 4 heteroatoms. The highest BCUT2D eigenvalue weighted by atomic mass is 16.5. The van der Waals surface area contributed by atoms with Gasteiger partial charge in [0.05, 0.1) is 25.8 Å². The van der Waals surface area contributed by atoms with E-state index in [1.807, 2.05) is 0 Å². The fraction of sp³-hybridized carbons (Fsp3) is 0.923. The van der Waals surface area contributed by atoms with Crippen LogP contribution >= 0.6 is 0 Å². The van der Waals surface area contributed by atoms with Crippen LogP contribution in [0.2, 0.25) is 0 Å². The Hall–Kier alpha value is -0.630. The van der Waals surface area contributed by atoms with Crippen LogP contribution in [-0.4, -0.2) is 51.0 Å². The first-order chi connectivity index (χ1) is 8.38. The molecule has 0 aromatic rings. The molecule has 4 nitrogen and oxygen atoms in total. The van der Waals surface area contributed by atoms with Crippen molar-refractivity contribution in [3.05, 3.63) is 0 Å². The van der Waals surface area contributed by atoms with E-state index >= 15 is 0 Å². The van der Waals surface area contributed by atoms with Gasteiger partial charge in [-0.3, -0.25) is 4.90 Å². The van der Waals surface area contributed by atoms with E-state index in [0.29, 0.717) is 25.8 Å². The first-order valence-corrected chi connectivity index (χ1v) is 6.56. The van der Waals surface area contributed by atoms with E-state index in [2.05, 4.69) is 11.0 Å². The molecule has 0 spiro atoms. The summed E-state index contributed by atoms with van der Waals surface area (Å²) in [7, 11) is 1.68. The van der Waals surface area contributed by atoms with Crippen molar-refractivity contribution in [3.63, 3.8) is 0 Å². The van der Waals surface area contributed by atoms with E-state index < -0.39 is 0 Å². The SMILES string of the molecule is COCCOCCCN(CC#N)C1CCCC1. The minimum absolute atomic E-state index is 0.558. The van der Waals surface area contributed by atoms with Crippen LogP contribution in [0.3, 0.4) is 0 Å². The van der Waals surface area contributed by atoms with Crippen molar-refractivity contribution in [2.75, 3.05) is 40.0 Å². The number of nitrogens with zero attached hydrogens (tertiary/aromatic N) is 2. The molecule has 0 saturated heterocycles. The third-order valence-electron chi connectivity index (χ3n) is 3.28. The Bertz CT molecular complexity index is 222. The maximum absolute atomic E-state index is 8.83. The van der Waals surface area contributed by atoms with Crippen LogP contribution in [0.4, 0.5) is 0 Å². The van der Waals surface area contributed by atoms with Crippen LogP contribution in [0.1, 0.15) is 32.1 Å². The molecule has 0 N–H and O–H groups in total. The van der Waals surface area contributed by atoms with Crippen LogP contribution in [0, 0.1) is 11.3 Å². The minimum Gasteiger partial charge on any atom is -0.382 e. The summed E-state index contributed by atoms with van der Waals surface area (Å²) in [5, 5.41) is 8.83. The Labute approximate surface area is 104 Å². The second-order valence-corrected chi connectivity index (χ2v) is 4.53. The lowest BCUT2D eigenvalue weighted by atomic mass is 10.2. The zero-order chi connectivity index (χ0) is 12.3. The normalized spacial score (nSPS) is 16.5. The lowest BCUT2D eigenvalue weighted by molar-refractivity contribution is 0.0637. The van der Waals surface area contributed by atoms with E-state index in [0.717, 1.165) is 19.6 Å². The van der Waals surface area contributed by atoms with Gasteiger partial charge in [0, 0.05) is 26.3 Å². The van der Waals surface area contributed by atoms with Gasteiger partial charge < -0.3 is 9.47 Å². The highest BCUT2D eigenvalue weighted by molar-refractivity contribution is 4.84. The lowest BCUT2D eigenvalue weighted by Crippen LogP contribution is -2.35. The molecule has 0 aromatic carbocycles. The van der Waals surface area contributed by atoms with Gasteiger partial charge in [0.1, 0.15) is 0 Å². The highest BCUT2D eigenvalue weighted by Crippen LogP contribution is 2.23. The van der Waals surface area contributed by atoms with Crippen LogP contribution in [0.25, 0.3) is 0 Å². The number of ether oxygens (including phenoxy) is 2. The molecular weight excluding hydrogens is 216 g/mol. The molecule has 0 radical (unpaired) electrons. The van der Waals surface area contributed by atoms with Crippen molar-refractivity contribution in [3.8, 4) is 6.07 Å². The second kappa shape index (κ2) is 9.41. The predicted molar refractivity (Wildman–Crippen MR) is 66.8 cm³/mol. The summed E-state index contributed by atoms with van der Waals surface area (Å²) in [6.45, 7) is 3.62. The molecule has 0 aliphatic heterocycles. The number of hydrogen-bond acceptors (Lipinski definition) is 4. The van der Waals surface area contributed by atoms with Crippen molar-refractivity contribution >= 4 is 0 Å². The Balaban J connectivity index is 2.09. The number of nitriles is 1. The van der Waals surface area contributed by atoms with E-state index in [-0.39, 0.29) is 0 Å². The molecule has 1 saturated carbocycles. The molecule has 1 rings (SSSR count). The summed E-state index contributed by atoms with van der Waals surface area (Å²) >= 11 is 0. The Morgan fingerprint density at radius 2 is 2.00 bits per heavy atom. The minimum atomic E-state index is 0.558. The molecule has 0 atom stereocenters. The van der Waals surface area contributed by atoms with Gasteiger partial charge in [-0.25, -0.2) is 0 Å². The van der Waals surface area contributed by atoms with Gasteiger partial charge in [0.15, 0.2) is 0 Å². The van der Waals surface area contributed by atoms with Crippen LogP contribution in [0.15, 0.2) is 0 Å². The lowest BCUT2D eigenvalue weighted by Gasteiger charge is -2.25. The molecule has 0 amide bonds. The van der Waals surface area contributed by atoms with Gasteiger partial charge in [0.25, 0.3) is 0 Å². The number of rotatable bonds is 9. The molecule has 1 aliphatic carbocycles. The number of hydrogen-bond donors (Lipinski definition) is 0. The molecule has 0 aromatic heterocycles. The summed E-state index contributed by atoms with van der Waals surface area (Å²) in [4.78, 5) is 2.31. The molecule has 0 bridgehead atoms. The molecule has 98 valence electrons. The fourth-order valence-electron chi connectivity index (χ4n) is 2.36. The number of methoxy groups -OCH3 is 1. The van der Waals surface area contributed by atoms with Crippen molar-refractivity contribution in [1.82, 2.24) is 4.90 Å². The van der Waals surface area contributed by atoms with Crippen molar-refractivity contribution in [1.29, 1.82) is 5.26 Å². The largest absolute Gasteiger partial charge is 0.382 e. The average Bonchev–Trinajstić information content (AvgIpc) is 2.86. The Morgan fingerprint density at radius 1 is 1.24 bits per heavy atom. The molecule has 0 unspecified atom stereocenters. The van der Waals surface area contributed by atoms with Gasteiger partial charge in [-0.1, -0.05) is 12.8 Å². The molecular formula is C13H24N2O2. The third kappa shape index (κ3) is 6.02. The van der Waals surface area contributed by atoms with Crippen LogP contribution < -0.4 is 0 Å². The first kappa shape index (κ1) is 14.4. The summed E-state index contributed by atoms with van der Waals surface area (Å²) in [5.74, 6) is 0. The Morgan fingerprint density at radius 3 is 2.65 bits per heavy atom. The van der Waals surface area contributed by atoms with Crippen molar-refractivity contribution < 1.29 is 9.47 Å². The smallest absolute Gasteiger partial charge is 0.0868 e. The predicted octanol–water partition coefficient (Wildman–Crippen LogP) is 1.81. The summed E-state index contributed by atoms with van der Waals surface area (Å²) in [6, 6.07) is 2.90. The van der Waals surface area contributed by atoms with Gasteiger partial charge in [0.2, 0.25) is 0 Å². The molecule has 1 aliphatic rings. The first-order valence-electron chi connectivity index (χ1n) is 6.56. The summed E-state index contributed by atoms with van der Waals surface area (Å²) in [5.41, 5.74) is 0. The standard InChI is InChI=1S/C13H24N2O2/c1-16-11-12-17-10-4-8-15(9-7-14)13-5-2-3-6-13/h13H,2-6,8-12H2,1H3. The van der Waals surface area contributed by atoms with Crippen molar-refractivity contribution in [2.45, 2.75) is 38.1 Å². The van der Waals surface area contributed by atoms with Gasteiger partial charge in [-0.15, -0.1) is 0 Å². The quantitative estimate of drug-likeness (QED) is 0.455.